The number of nitrogens with two attached hydrogens (primary N) is 1. The molecule has 1 heterocycles. The van der Waals surface area contributed by atoms with E-state index in [4.69, 9.17) is 14.9 Å². The molecule has 1 aliphatic carbocycles. The fourth-order valence-corrected chi connectivity index (χ4v) is 2.88. The first-order valence-electron chi connectivity index (χ1n) is 7.06. The molecule has 21 heavy (non-hydrogen) atoms. The minimum atomic E-state index is -0.517. The van der Waals surface area contributed by atoms with Gasteiger partial charge in [-0.1, -0.05) is 0 Å². The zero-order chi connectivity index (χ0) is 15.0. The van der Waals surface area contributed by atoms with Gasteiger partial charge in [-0.2, -0.15) is 0 Å². The Balaban J connectivity index is 2.16. The molecule has 2 aromatic rings. The van der Waals surface area contributed by atoms with E-state index < -0.39 is 5.91 Å². The molecule has 0 radical (unpaired) electrons. The van der Waals surface area contributed by atoms with Crippen molar-refractivity contribution in [2.75, 3.05) is 6.61 Å². The summed E-state index contributed by atoms with van der Waals surface area (Å²) in [4.78, 5) is 22.9. The quantitative estimate of drug-likeness (QED) is 0.873. The molecule has 0 bridgehead atoms. The molecule has 3 rings (SSSR count). The maximum Gasteiger partial charge on any atom is 0.339 e. The number of ether oxygens (including phenoxy) is 1. The minimum absolute atomic E-state index is 0.161. The van der Waals surface area contributed by atoms with Crippen LogP contribution in [0, 0.1) is 6.92 Å². The van der Waals surface area contributed by atoms with Crippen molar-refractivity contribution in [1.29, 1.82) is 0 Å². The van der Waals surface area contributed by atoms with Crippen molar-refractivity contribution in [3.8, 4) is 5.75 Å². The van der Waals surface area contributed by atoms with Gasteiger partial charge in [0.05, 0.1) is 0 Å². The Morgan fingerprint density at radius 1 is 1.29 bits per heavy atom. The second-order valence-electron chi connectivity index (χ2n) is 5.42. The normalized spacial score (nSPS) is 14.0. The Kier molecular flexibility index (Phi) is 3.41. The van der Waals surface area contributed by atoms with E-state index in [0.717, 1.165) is 47.8 Å². The average Bonchev–Trinajstić information content (AvgIpc) is 2.45. The van der Waals surface area contributed by atoms with E-state index in [0.29, 0.717) is 11.3 Å². The highest BCUT2D eigenvalue weighted by molar-refractivity contribution is 5.84. The van der Waals surface area contributed by atoms with Crippen LogP contribution in [0.15, 0.2) is 21.3 Å². The Bertz CT molecular complexity index is 776. The van der Waals surface area contributed by atoms with Crippen molar-refractivity contribution >= 4 is 16.9 Å². The summed E-state index contributed by atoms with van der Waals surface area (Å²) in [6.45, 7) is 1.68. The summed E-state index contributed by atoms with van der Waals surface area (Å²) >= 11 is 0. The van der Waals surface area contributed by atoms with Gasteiger partial charge in [0.2, 0.25) is 0 Å². The van der Waals surface area contributed by atoms with E-state index >= 15 is 0 Å². The third kappa shape index (κ3) is 2.51. The molecular weight excluding hydrogens is 270 g/mol. The first kappa shape index (κ1) is 13.7. The molecule has 1 amide bonds. The van der Waals surface area contributed by atoms with Crippen LogP contribution in [-0.2, 0) is 17.6 Å². The number of rotatable bonds is 3. The van der Waals surface area contributed by atoms with Crippen LogP contribution in [0.25, 0.3) is 11.0 Å². The van der Waals surface area contributed by atoms with E-state index in [1.165, 1.54) is 0 Å². The van der Waals surface area contributed by atoms with Crippen LogP contribution in [0.1, 0.15) is 29.5 Å². The van der Waals surface area contributed by atoms with E-state index in [-0.39, 0.29) is 12.2 Å². The molecule has 110 valence electrons. The van der Waals surface area contributed by atoms with Gasteiger partial charge in [0.1, 0.15) is 11.3 Å². The van der Waals surface area contributed by atoms with E-state index in [1.54, 1.807) is 6.07 Å². The van der Waals surface area contributed by atoms with Crippen molar-refractivity contribution in [1.82, 2.24) is 0 Å². The summed E-state index contributed by atoms with van der Waals surface area (Å²) in [7, 11) is 0. The number of carbonyl (C=O) groups excluding carboxylic acids is 1. The Morgan fingerprint density at radius 2 is 2.00 bits per heavy atom. The molecule has 5 nitrogen and oxygen atoms in total. The molecule has 0 saturated carbocycles. The van der Waals surface area contributed by atoms with Crippen LogP contribution in [-0.4, -0.2) is 12.5 Å². The van der Waals surface area contributed by atoms with Gasteiger partial charge in [0, 0.05) is 10.9 Å². The smallest absolute Gasteiger partial charge is 0.339 e. The third-order valence-electron chi connectivity index (χ3n) is 3.89. The topological polar surface area (TPSA) is 82.5 Å². The lowest BCUT2D eigenvalue weighted by Crippen LogP contribution is -2.20. The molecule has 1 aliphatic rings. The van der Waals surface area contributed by atoms with Crippen molar-refractivity contribution < 1.29 is 13.9 Å². The average molecular weight is 287 g/mol. The number of amides is 1. The Hall–Kier alpha value is -2.30. The molecule has 2 N–H and O–H groups in total. The largest absolute Gasteiger partial charge is 0.483 e. The van der Waals surface area contributed by atoms with Crippen LogP contribution < -0.4 is 16.1 Å². The molecule has 0 unspecified atom stereocenters. The number of carbonyl (C=O) groups is 1. The van der Waals surface area contributed by atoms with Crippen LogP contribution in [0.4, 0.5) is 0 Å². The van der Waals surface area contributed by atoms with E-state index in [1.807, 2.05) is 13.0 Å². The number of fused-ring (bicyclic) bond motifs is 3. The number of benzene rings is 1. The highest BCUT2D eigenvalue weighted by atomic mass is 16.5. The molecule has 1 aromatic carbocycles. The van der Waals surface area contributed by atoms with Gasteiger partial charge < -0.3 is 14.9 Å². The van der Waals surface area contributed by atoms with Gasteiger partial charge in [0.15, 0.2) is 6.61 Å². The van der Waals surface area contributed by atoms with Crippen molar-refractivity contribution in [3.05, 3.63) is 39.2 Å². The number of primary amides is 1. The molecule has 0 spiro atoms. The van der Waals surface area contributed by atoms with Crippen LogP contribution in [0.5, 0.6) is 5.75 Å². The zero-order valence-electron chi connectivity index (χ0n) is 11.9. The maximum absolute atomic E-state index is 12.0. The second-order valence-corrected chi connectivity index (χ2v) is 5.42. The van der Waals surface area contributed by atoms with Gasteiger partial charge in [-0.25, -0.2) is 4.79 Å². The monoisotopic (exact) mass is 287 g/mol. The summed E-state index contributed by atoms with van der Waals surface area (Å²) in [5.41, 5.74) is 8.09. The van der Waals surface area contributed by atoms with Crippen molar-refractivity contribution in [3.63, 3.8) is 0 Å². The van der Waals surface area contributed by atoms with Gasteiger partial charge in [-0.15, -0.1) is 0 Å². The first-order valence-corrected chi connectivity index (χ1v) is 7.06. The molecule has 0 atom stereocenters. The molecular formula is C16H17NO4. The van der Waals surface area contributed by atoms with E-state index in [9.17, 15) is 9.59 Å². The number of hydrogen-bond acceptors (Lipinski definition) is 4. The summed E-state index contributed by atoms with van der Waals surface area (Å²) < 4.78 is 10.9. The van der Waals surface area contributed by atoms with Crippen molar-refractivity contribution in [2.24, 2.45) is 5.73 Å². The summed E-state index contributed by atoms with van der Waals surface area (Å²) in [5.74, 6) is 0.0824. The Morgan fingerprint density at radius 3 is 2.71 bits per heavy atom. The fourth-order valence-electron chi connectivity index (χ4n) is 2.88. The zero-order valence-corrected chi connectivity index (χ0v) is 11.9. The Labute approximate surface area is 121 Å². The maximum atomic E-state index is 12.0. The summed E-state index contributed by atoms with van der Waals surface area (Å²) in [6, 6.07) is 3.63. The second kappa shape index (κ2) is 5.24. The van der Waals surface area contributed by atoms with Gasteiger partial charge in [-0.3, -0.25) is 4.79 Å². The van der Waals surface area contributed by atoms with Gasteiger partial charge in [0.25, 0.3) is 5.91 Å². The van der Waals surface area contributed by atoms with Crippen LogP contribution in [0.2, 0.25) is 0 Å². The predicted molar refractivity (Wildman–Crippen MR) is 78.6 cm³/mol. The van der Waals surface area contributed by atoms with Crippen molar-refractivity contribution in [2.45, 2.75) is 32.6 Å². The van der Waals surface area contributed by atoms with Gasteiger partial charge >= 0.3 is 5.63 Å². The fraction of sp³-hybridized carbons (Fsp3) is 0.375. The molecule has 0 saturated heterocycles. The number of aryl methyl sites for hydroxylation is 2. The van der Waals surface area contributed by atoms with Crippen LogP contribution >= 0.6 is 0 Å². The SMILES string of the molecule is Cc1cc2oc(=O)c3c(c2cc1OCC(N)=O)CCCC3. The lowest BCUT2D eigenvalue weighted by molar-refractivity contribution is -0.119. The lowest BCUT2D eigenvalue weighted by Gasteiger charge is -2.17. The number of hydrogen-bond donors (Lipinski definition) is 1. The summed E-state index contributed by atoms with van der Waals surface area (Å²) in [6.07, 6.45) is 3.71. The summed E-state index contributed by atoms with van der Waals surface area (Å²) in [5, 5.41) is 0.898. The third-order valence-corrected chi connectivity index (χ3v) is 3.89. The molecule has 0 aliphatic heterocycles. The molecule has 5 heteroatoms. The lowest BCUT2D eigenvalue weighted by atomic mass is 9.90. The predicted octanol–water partition coefficient (Wildman–Crippen LogP) is 1.84. The molecule has 0 fully saturated rings. The highest BCUT2D eigenvalue weighted by Crippen LogP contribution is 2.31. The standard InChI is InChI=1S/C16H17NO4/c1-9-6-14-12(7-13(9)20-8-15(17)18)10-4-2-3-5-11(10)16(19)21-14/h6-7H,2-5,8H2,1H3,(H2,17,18). The van der Waals surface area contributed by atoms with Gasteiger partial charge in [-0.05, 0) is 55.9 Å². The first-order chi connectivity index (χ1) is 10.1. The minimum Gasteiger partial charge on any atom is -0.483 e. The van der Waals surface area contributed by atoms with E-state index in [2.05, 4.69) is 0 Å². The highest BCUT2D eigenvalue weighted by Gasteiger charge is 2.19. The molecule has 1 aromatic heterocycles. The van der Waals surface area contributed by atoms with Crippen LogP contribution in [0.3, 0.4) is 0 Å².